The van der Waals surface area contributed by atoms with E-state index in [2.05, 4.69) is 20.7 Å². The van der Waals surface area contributed by atoms with Crippen LogP contribution in [0.1, 0.15) is 27.0 Å². The van der Waals surface area contributed by atoms with Crippen LogP contribution >= 0.6 is 15.9 Å². The smallest absolute Gasteiger partial charge is 0.262 e. The number of benzene rings is 3. The van der Waals surface area contributed by atoms with Gasteiger partial charge in [-0.15, -0.1) is 0 Å². The van der Waals surface area contributed by atoms with E-state index in [1.807, 2.05) is 19.1 Å². The van der Waals surface area contributed by atoms with E-state index >= 15 is 0 Å². The van der Waals surface area contributed by atoms with E-state index in [-0.39, 0.29) is 10.7 Å². The second-order valence-electron chi connectivity index (χ2n) is 6.24. The molecule has 3 rings (SSSR count). The fourth-order valence-corrected chi connectivity index (χ4v) is 4.35. The summed E-state index contributed by atoms with van der Waals surface area (Å²) in [6.45, 7) is 3.54. The fraction of sp³-hybridized carbons (Fsp3) is 0.0952. The number of sulfonamides is 1. The van der Waals surface area contributed by atoms with E-state index in [1.165, 1.54) is 6.07 Å². The lowest BCUT2D eigenvalue weighted by atomic mass is 10.0. The van der Waals surface area contributed by atoms with Gasteiger partial charge in [0.1, 0.15) is 0 Å². The van der Waals surface area contributed by atoms with Gasteiger partial charge in [0.2, 0.25) is 0 Å². The highest BCUT2D eigenvalue weighted by Gasteiger charge is 2.20. The molecule has 0 amide bonds. The van der Waals surface area contributed by atoms with Gasteiger partial charge in [-0.1, -0.05) is 46.3 Å². The number of anilines is 1. The number of hydrogen-bond acceptors (Lipinski definition) is 3. The van der Waals surface area contributed by atoms with Crippen molar-refractivity contribution in [2.75, 3.05) is 4.72 Å². The van der Waals surface area contributed by atoms with Gasteiger partial charge >= 0.3 is 0 Å². The molecule has 0 heterocycles. The highest BCUT2D eigenvalue weighted by molar-refractivity contribution is 9.10. The van der Waals surface area contributed by atoms with Crippen molar-refractivity contribution < 1.29 is 13.2 Å². The van der Waals surface area contributed by atoms with E-state index in [0.717, 1.165) is 10.0 Å². The zero-order chi connectivity index (χ0) is 19.6. The maximum absolute atomic E-state index is 12.9. The molecule has 3 aromatic carbocycles. The first kappa shape index (κ1) is 19.3. The Hall–Kier alpha value is -2.44. The predicted octanol–water partition coefficient (Wildman–Crippen LogP) is 5.10. The highest BCUT2D eigenvalue weighted by atomic mass is 79.9. The largest absolute Gasteiger partial charge is 0.289 e. The molecule has 0 unspecified atom stereocenters. The van der Waals surface area contributed by atoms with Crippen molar-refractivity contribution in [1.82, 2.24) is 0 Å². The molecule has 6 heteroatoms. The molecule has 0 saturated carbocycles. The quantitative estimate of drug-likeness (QED) is 0.557. The maximum Gasteiger partial charge on any atom is 0.262 e. The number of rotatable bonds is 5. The molecule has 4 nitrogen and oxygen atoms in total. The maximum atomic E-state index is 12.9. The Morgan fingerprint density at radius 3 is 2.15 bits per heavy atom. The van der Waals surface area contributed by atoms with Gasteiger partial charge < -0.3 is 0 Å². The van der Waals surface area contributed by atoms with Crippen LogP contribution in [0.5, 0.6) is 0 Å². The first-order valence-corrected chi connectivity index (χ1v) is 10.5. The number of aryl methyl sites for hydroxylation is 2. The van der Waals surface area contributed by atoms with Crippen molar-refractivity contribution in [3.63, 3.8) is 0 Å². The lowest BCUT2D eigenvalue weighted by Crippen LogP contribution is -2.16. The molecular formula is C21H18BrNO3S. The van der Waals surface area contributed by atoms with Gasteiger partial charge in [0, 0.05) is 15.6 Å². The molecule has 0 atom stereocenters. The minimum atomic E-state index is -3.82. The van der Waals surface area contributed by atoms with E-state index < -0.39 is 10.0 Å². The summed E-state index contributed by atoms with van der Waals surface area (Å²) in [5, 5.41) is 0. The lowest BCUT2D eigenvalue weighted by Gasteiger charge is -2.13. The average Bonchev–Trinajstić information content (AvgIpc) is 2.64. The predicted molar refractivity (Wildman–Crippen MR) is 111 cm³/mol. The molecule has 0 saturated heterocycles. The molecule has 0 bridgehead atoms. The number of hydrogen-bond donors (Lipinski definition) is 1. The summed E-state index contributed by atoms with van der Waals surface area (Å²) in [7, 11) is -3.82. The van der Waals surface area contributed by atoms with Gasteiger partial charge in [-0.05, 0) is 61.4 Å². The summed E-state index contributed by atoms with van der Waals surface area (Å²) in [6.07, 6.45) is 0. The third kappa shape index (κ3) is 4.28. The standard InChI is InChI=1S/C21H18BrNO3S/c1-14-5-3-4-6-19(14)23-27(25,26)20-13-17(8-7-15(20)2)21(24)16-9-11-18(22)12-10-16/h3-13,23H,1-2H3. The summed E-state index contributed by atoms with van der Waals surface area (Å²) >= 11 is 3.34. The third-order valence-electron chi connectivity index (χ3n) is 4.24. The second-order valence-corrected chi connectivity index (χ2v) is 8.80. The molecule has 0 aliphatic heterocycles. The third-order valence-corrected chi connectivity index (χ3v) is 6.27. The van der Waals surface area contributed by atoms with Gasteiger partial charge in [-0.2, -0.15) is 0 Å². The van der Waals surface area contributed by atoms with Crippen molar-refractivity contribution in [3.05, 3.63) is 93.5 Å². The van der Waals surface area contributed by atoms with Gasteiger partial charge in [0.25, 0.3) is 10.0 Å². The molecule has 1 N–H and O–H groups in total. The molecule has 0 radical (unpaired) electrons. The number of para-hydroxylation sites is 1. The molecule has 3 aromatic rings. The molecular weight excluding hydrogens is 426 g/mol. The van der Waals surface area contributed by atoms with E-state index in [1.54, 1.807) is 55.5 Å². The highest BCUT2D eigenvalue weighted by Crippen LogP contribution is 2.24. The monoisotopic (exact) mass is 443 g/mol. The molecule has 138 valence electrons. The molecule has 27 heavy (non-hydrogen) atoms. The average molecular weight is 444 g/mol. The van der Waals surface area contributed by atoms with E-state index in [4.69, 9.17) is 0 Å². The Morgan fingerprint density at radius 2 is 1.48 bits per heavy atom. The zero-order valence-electron chi connectivity index (χ0n) is 14.9. The first-order chi connectivity index (χ1) is 12.8. The summed E-state index contributed by atoms with van der Waals surface area (Å²) in [6, 6.07) is 18.8. The summed E-state index contributed by atoms with van der Waals surface area (Å²) in [5.41, 5.74) is 2.73. The molecule has 0 aliphatic rings. The number of ketones is 1. The van der Waals surface area contributed by atoms with Crippen LogP contribution in [0.2, 0.25) is 0 Å². The Bertz CT molecular complexity index is 1110. The van der Waals surface area contributed by atoms with Crippen LogP contribution in [0.25, 0.3) is 0 Å². The minimum Gasteiger partial charge on any atom is -0.289 e. The Kier molecular flexibility index (Phi) is 5.48. The Labute approximate surface area is 167 Å². The Morgan fingerprint density at radius 1 is 0.852 bits per heavy atom. The van der Waals surface area contributed by atoms with Crippen molar-refractivity contribution in [2.24, 2.45) is 0 Å². The van der Waals surface area contributed by atoms with Crippen LogP contribution in [0.15, 0.2) is 76.1 Å². The first-order valence-electron chi connectivity index (χ1n) is 8.27. The number of nitrogens with one attached hydrogen (secondary N) is 1. The molecule has 0 aromatic heterocycles. The van der Waals surface area contributed by atoms with Gasteiger partial charge in [0.15, 0.2) is 5.78 Å². The SMILES string of the molecule is Cc1ccccc1NS(=O)(=O)c1cc(C(=O)c2ccc(Br)cc2)ccc1C. The van der Waals surface area contributed by atoms with Crippen molar-refractivity contribution in [3.8, 4) is 0 Å². The van der Waals surface area contributed by atoms with Crippen molar-refractivity contribution >= 4 is 37.4 Å². The van der Waals surface area contributed by atoms with Crippen LogP contribution in [-0.4, -0.2) is 14.2 Å². The molecule has 0 spiro atoms. The van der Waals surface area contributed by atoms with Crippen LogP contribution < -0.4 is 4.72 Å². The summed E-state index contributed by atoms with van der Waals surface area (Å²) < 4.78 is 29.3. The molecule has 0 aliphatic carbocycles. The topological polar surface area (TPSA) is 63.2 Å². The van der Waals surface area contributed by atoms with Crippen LogP contribution in [0, 0.1) is 13.8 Å². The Balaban J connectivity index is 1.98. The zero-order valence-corrected chi connectivity index (χ0v) is 17.3. The number of carbonyl (C=O) groups is 1. The summed E-state index contributed by atoms with van der Waals surface area (Å²) in [5.74, 6) is -0.227. The molecule has 0 fully saturated rings. The number of halogens is 1. The normalized spacial score (nSPS) is 11.2. The number of carbonyl (C=O) groups excluding carboxylic acids is 1. The van der Waals surface area contributed by atoms with Crippen LogP contribution in [0.3, 0.4) is 0 Å². The van der Waals surface area contributed by atoms with Gasteiger partial charge in [-0.25, -0.2) is 8.42 Å². The van der Waals surface area contributed by atoms with Crippen molar-refractivity contribution in [2.45, 2.75) is 18.7 Å². The minimum absolute atomic E-state index is 0.0914. The van der Waals surface area contributed by atoms with E-state index in [0.29, 0.717) is 22.4 Å². The van der Waals surface area contributed by atoms with Crippen molar-refractivity contribution in [1.29, 1.82) is 0 Å². The second kappa shape index (κ2) is 7.66. The van der Waals surface area contributed by atoms with Gasteiger partial charge in [0.05, 0.1) is 10.6 Å². The van der Waals surface area contributed by atoms with E-state index in [9.17, 15) is 13.2 Å². The van der Waals surface area contributed by atoms with Gasteiger partial charge in [-0.3, -0.25) is 9.52 Å². The lowest BCUT2D eigenvalue weighted by molar-refractivity contribution is 0.103. The fourth-order valence-electron chi connectivity index (χ4n) is 2.69. The summed E-state index contributed by atoms with van der Waals surface area (Å²) in [4.78, 5) is 12.8. The van der Waals surface area contributed by atoms with Crippen LogP contribution in [-0.2, 0) is 10.0 Å². The van der Waals surface area contributed by atoms with Crippen LogP contribution in [0.4, 0.5) is 5.69 Å².